The summed E-state index contributed by atoms with van der Waals surface area (Å²) in [6.45, 7) is 8.79. The number of anilines is 1. The lowest BCUT2D eigenvalue weighted by Gasteiger charge is -2.29. The molecule has 0 aromatic heterocycles. The summed E-state index contributed by atoms with van der Waals surface area (Å²) in [4.78, 5) is 2.39. The van der Waals surface area contributed by atoms with Crippen LogP contribution >= 0.6 is 0 Å². The van der Waals surface area contributed by atoms with Gasteiger partial charge < -0.3 is 10.1 Å². The minimum absolute atomic E-state index is 0.312. The van der Waals surface area contributed by atoms with Crippen molar-refractivity contribution >= 4 is 5.69 Å². The highest BCUT2D eigenvalue weighted by atomic mass is 16.5. The van der Waals surface area contributed by atoms with E-state index in [1.807, 2.05) is 25.1 Å². The Hall–Kier alpha value is -1.57. The summed E-state index contributed by atoms with van der Waals surface area (Å²) in [5.74, 6) is 0. The Kier molecular flexibility index (Phi) is 4.78. The van der Waals surface area contributed by atoms with E-state index in [-0.39, 0.29) is 0 Å². The molecule has 19 heavy (non-hydrogen) atoms. The first-order valence-corrected chi connectivity index (χ1v) is 6.76. The van der Waals surface area contributed by atoms with E-state index in [1.165, 1.54) is 5.56 Å². The van der Waals surface area contributed by atoms with Crippen molar-refractivity contribution in [3.8, 4) is 6.07 Å². The molecule has 102 valence electrons. The van der Waals surface area contributed by atoms with E-state index in [4.69, 9.17) is 10.00 Å². The Balaban J connectivity index is 1.96. The maximum atomic E-state index is 9.13. The van der Waals surface area contributed by atoms with Crippen LogP contribution in [0.25, 0.3) is 0 Å². The van der Waals surface area contributed by atoms with Gasteiger partial charge in [0.15, 0.2) is 0 Å². The summed E-state index contributed by atoms with van der Waals surface area (Å²) in [5.41, 5.74) is 2.81. The molecule has 1 aromatic rings. The Morgan fingerprint density at radius 3 is 2.84 bits per heavy atom. The van der Waals surface area contributed by atoms with Crippen LogP contribution in [0.5, 0.6) is 0 Å². The van der Waals surface area contributed by atoms with Gasteiger partial charge in [-0.1, -0.05) is 6.07 Å². The van der Waals surface area contributed by atoms with Crippen LogP contribution in [0.3, 0.4) is 0 Å². The number of benzene rings is 1. The Morgan fingerprint density at radius 2 is 2.16 bits per heavy atom. The molecule has 1 fully saturated rings. The number of aryl methyl sites for hydroxylation is 1. The van der Waals surface area contributed by atoms with E-state index in [0.717, 1.165) is 38.5 Å². The van der Waals surface area contributed by atoms with Gasteiger partial charge in [0, 0.05) is 25.7 Å². The van der Waals surface area contributed by atoms with E-state index in [0.29, 0.717) is 11.6 Å². The molecule has 2 rings (SSSR count). The summed E-state index contributed by atoms with van der Waals surface area (Å²) in [5, 5.41) is 12.6. The van der Waals surface area contributed by atoms with Crippen LogP contribution in [0.2, 0.25) is 0 Å². The number of ether oxygens (including phenoxy) is 1. The summed E-state index contributed by atoms with van der Waals surface area (Å²) >= 11 is 0. The minimum Gasteiger partial charge on any atom is -0.380 e. The molecule has 0 amide bonds. The normalized spacial score (nSPS) is 17.7. The highest BCUT2D eigenvalue weighted by Crippen LogP contribution is 2.17. The standard InChI is InChI=1S/C15H21N3O/c1-12-3-4-14(10-16)15(9-12)17-13(2)11-18-5-7-19-8-6-18/h3-4,9,13,17H,5-8,11H2,1-2H3. The van der Waals surface area contributed by atoms with Crippen molar-refractivity contribution in [3.63, 3.8) is 0 Å². The largest absolute Gasteiger partial charge is 0.380 e. The predicted octanol–water partition coefficient (Wildman–Crippen LogP) is 2.00. The first-order chi connectivity index (χ1) is 9.19. The van der Waals surface area contributed by atoms with E-state index in [2.05, 4.69) is 23.2 Å². The van der Waals surface area contributed by atoms with Gasteiger partial charge in [-0.2, -0.15) is 5.26 Å². The highest BCUT2D eigenvalue weighted by molar-refractivity contribution is 5.59. The number of nitrogens with zero attached hydrogens (tertiary/aromatic N) is 2. The number of morpholine rings is 1. The minimum atomic E-state index is 0.312. The number of hydrogen-bond donors (Lipinski definition) is 1. The molecule has 0 radical (unpaired) electrons. The fourth-order valence-electron chi connectivity index (χ4n) is 2.36. The van der Waals surface area contributed by atoms with Crippen molar-refractivity contribution in [1.82, 2.24) is 4.90 Å². The molecule has 1 N–H and O–H groups in total. The molecule has 0 bridgehead atoms. The summed E-state index contributed by atoms with van der Waals surface area (Å²) < 4.78 is 5.35. The fourth-order valence-corrected chi connectivity index (χ4v) is 2.36. The van der Waals surface area contributed by atoms with Gasteiger partial charge in [0.05, 0.1) is 24.5 Å². The van der Waals surface area contributed by atoms with Gasteiger partial charge in [-0.15, -0.1) is 0 Å². The number of hydrogen-bond acceptors (Lipinski definition) is 4. The lowest BCUT2D eigenvalue weighted by molar-refractivity contribution is 0.0368. The molecule has 1 atom stereocenters. The van der Waals surface area contributed by atoms with Gasteiger partial charge in [0.25, 0.3) is 0 Å². The van der Waals surface area contributed by atoms with Crippen LogP contribution in [-0.4, -0.2) is 43.8 Å². The molecule has 4 heteroatoms. The lowest BCUT2D eigenvalue weighted by atomic mass is 10.1. The summed E-state index contributed by atoms with van der Waals surface area (Å²) in [6.07, 6.45) is 0. The zero-order valence-electron chi connectivity index (χ0n) is 11.6. The van der Waals surface area contributed by atoms with Crippen molar-refractivity contribution in [2.45, 2.75) is 19.9 Å². The van der Waals surface area contributed by atoms with Crippen LogP contribution in [0.15, 0.2) is 18.2 Å². The van der Waals surface area contributed by atoms with E-state index in [1.54, 1.807) is 0 Å². The molecule has 0 saturated carbocycles. The average molecular weight is 259 g/mol. The van der Waals surface area contributed by atoms with Gasteiger partial charge in [-0.3, -0.25) is 4.90 Å². The molecule has 1 unspecified atom stereocenters. The second kappa shape index (κ2) is 6.55. The molecular formula is C15H21N3O. The number of rotatable bonds is 4. The van der Waals surface area contributed by atoms with E-state index >= 15 is 0 Å². The average Bonchev–Trinajstić information content (AvgIpc) is 2.40. The Bertz CT molecular complexity index is 461. The molecular weight excluding hydrogens is 238 g/mol. The number of nitrogens with one attached hydrogen (secondary N) is 1. The van der Waals surface area contributed by atoms with Crippen molar-refractivity contribution in [2.75, 3.05) is 38.2 Å². The van der Waals surface area contributed by atoms with E-state index < -0.39 is 0 Å². The topological polar surface area (TPSA) is 48.3 Å². The second-order valence-corrected chi connectivity index (χ2v) is 5.12. The van der Waals surface area contributed by atoms with Crippen LogP contribution in [-0.2, 0) is 4.74 Å². The van der Waals surface area contributed by atoms with Crippen LogP contribution < -0.4 is 5.32 Å². The molecule has 1 aromatic carbocycles. The van der Waals surface area contributed by atoms with Crippen molar-refractivity contribution in [3.05, 3.63) is 29.3 Å². The zero-order chi connectivity index (χ0) is 13.7. The summed E-state index contributed by atoms with van der Waals surface area (Å²) in [7, 11) is 0. The van der Waals surface area contributed by atoms with Gasteiger partial charge >= 0.3 is 0 Å². The molecule has 1 aliphatic rings. The molecule has 0 spiro atoms. The predicted molar refractivity (Wildman–Crippen MR) is 76.2 cm³/mol. The zero-order valence-corrected chi connectivity index (χ0v) is 11.6. The monoisotopic (exact) mass is 259 g/mol. The van der Waals surface area contributed by atoms with Gasteiger partial charge in [-0.05, 0) is 31.5 Å². The molecule has 1 saturated heterocycles. The van der Waals surface area contributed by atoms with Crippen molar-refractivity contribution < 1.29 is 4.74 Å². The SMILES string of the molecule is Cc1ccc(C#N)c(NC(C)CN2CCOCC2)c1. The van der Waals surface area contributed by atoms with Crippen LogP contribution in [0.4, 0.5) is 5.69 Å². The maximum absolute atomic E-state index is 9.13. The smallest absolute Gasteiger partial charge is 0.101 e. The molecule has 1 heterocycles. The first kappa shape index (κ1) is 13.9. The van der Waals surface area contributed by atoms with Crippen LogP contribution in [0, 0.1) is 18.3 Å². The second-order valence-electron chi connectivity index (χ2n) is 5.12. The third-order valence-electron chi connectivity index (χ3n) is 3.33. The third-order valence-corrected chi connectivity index (χ3v) is 3.33. The first-order valence-electron chi connectivity index (χ1n) is 6.76. The van der Waals surface area contributed by atoms with Gasteiger partial charge in [-0.25, -0.2) is 0 Å². The Morgan fingerprint density at radius 1 is 1.42 bits per heavy atom. The lowest BCUT2D eigenvalue weighted by Crippen LogP contribution is -2.42. The van der Waals surface area contributed by atoms with Gasteiger partial charge in [0.2, 0.25) is 0 Å². The molecule has 1 aliphatic heterocycles. The quantitative estimate of drug-likeness (QED) is 0.898. The fraction of sp³-hybridized carbons (Fsp3) is 0.533. The number of nitriles is 1. The molecule has 0 aliphatic carbocycles. The van der Waals surface area contributed by atoms with Crippen LogP contribution in [0.1, 0.15) is 18.1 Å². The van der Waals surface area contributed by atoms with Crippen molar-refractivity contribution in [1.29, 1.82) is 5.26 Å². The highest BCUT2D eigenvalue weighted by Gasteiger charge is 2.14. The third kappa shape index (κ3) is 3.95. The maximum Gasteiger partial charge on any atom is 0.101 e. The van der Waals surface area contributed by atoms with Gasteiger partial charge in [0.1, 0.15) is 6.07 Å². The van der Waals surface area contributed by atoms with Crippen molar-refractivity contribution in [2.24, 2.45) is 0 Å². The van der Waals surface area contributed by atoms with E-state index in [9.17, 15) is 0 Å². The molecule has 4 nitrogen and oxygen atoms in total. The summed E-state index contributed by atoms with van der Waals surface area (Å²) in [6, 6.07) is 8.43. The Labute approximate surface area is 115 Å².